The van der Waals surface area contributed by atoms with Gasteiger partial charge in [0.15, 0.2) is 0 Å². The highest BCUT2D eigenvalue weighted by atomic mass is 35.5. The average molecular weight is 374 g/mol. The van der Waals surface area contributed by atoms with Gasteiger partial charge in [0, 0.05) is 0 Å². The molecule has 0 fully saturated rings. The van der Waals surface area contributed by atoms with Crippen LogP contribution in [0.2, 0.25) is 20.1 Å². The van der Waals surface area contributed by atoms with Crippen LogP contribution in [0.5, 0.6) is 0 Å². The Kier molecular flexibility index (Phi) is 5.87. The molecule has 0 spiro atoms. The summed E-state index contributed by atoms with van der Waals surface area (Å²) >= 11 is 23.8. The van der Waals surface area contributed by atoms with Crippen molar-refractivity contribution in [3.63, 3.8) is 0 Å². The molecule has 0 aliphatic carbocycles. The van der Waals surface area contributed by atoms with Crippen molar-refractivity contribution in [1.29, 1.82) is 0 Å². The van der Waals surface area contributed by atoms with E-state index in [1.807, 2.05) is 26.0 Å². The van der Waals surface area contributed by atoms with Crippen molar-refractivity contribution in [3.05, 3.63) is 67.6 Å². The molecule has 0 saturated heterocycles. The topological polar surface area (TPSA) is 24.7 Å². The quantitative estimate of drug-likeness (QED) is 0.431. The van der Waals surface area contributed by atoms with E-state index in [0.29, 0.717) is 20.1 Å². The summed E-state index contributed by atoms with van der Waals surface area (Å²) in [6.45, 7) is 3.70. The highest BCUT2D eigenvalue weighted by Gasteiger charge is 2.04. The van der Waals surface area contributed by atoms with Gasteiger partial charge in [-0.2, -0.15) is 10.2 Å². The molecule has 0 aliphatic rings. The van der Waals surface area contributed by atoms with Gasteiger partial charge < -0.3 is 0 Å². The minimum absolute atomic E-state index is 0.485. The highest BCUT2D eigenvalue weighted by molar-refractivity contribution is 6.42. The second kappa shape index (κ2) is 7.47. The summed E-state index contributed by atoms with van der Waals surface area (Å²) < 4.78 is 0. The first-order valence-corrected chi connectivity index (χ1v) is 7.89. The van der Waals surface area contributed by atoms with Gasteiger partial charge in [-0.1, -0.05) is 58.5 Å². The van der Waals surface area contributed by atoms with Crippen LogP contribution in [-0.2, 0) is 0 Å². The number of hydrogen-bond acceptors (Lipinski definition) is 2. The van der Waals surface area contributed by atoms with E-state index in [1.54, 1.807) is 24.3 Å². The van der Waals surface area contributed by atoms with Crippen LogP contribution in [0.1, 0.15) is 25.0 Å². The fourth-order valence-corrected chi connectivity index (χ4v) is 2.30. The maximum Gasteiger partial charge on any atom is 0.0672 e. The van der Waals surface area contributed by atoms with E-state index in [2.05, 4.69) is 10.2 Å². The van der Waals surface area contributed by atoms with Crippen LogP contribution in [0.3, 0.4) is 0 Å². The Bertz CT molecular complexity index is 701. The maximum atomic E-state index is 6.00. The molecule has 0 saturated carbocycles. The molecule has 0 radical (unpaired) electrons. The third-order valence-electron chi connectivity index (χ3n) is 3.02. The zero-order valence-corrected chi connectivity index (χ0v) is 14.9. The van der Waals surface area contributed by atoms with Gasteiger partial charge in [-0.05, 0) is 49.2 Å². The molecule has 0 unspecified atom stereocenters. The number of halogens is 4. The van der Waals surface area contributed by atoms with Crippen LogP contribution in [0.4, 0.5) is 0 Å². The summed E-state index contributed by atoms with van der Waals surface area (Å²) in [6, 6.07) is 10.7. The lowest BCUT2D eigenvalue weighted by atomic mass is 10.1. The van der Waals surface area contributed by atoms with E-state index >= 15 is 0 Å². The van der Waals surface area contributed by atoms with E-state index < -0.39 is 0 Å². The smallest absolute Gasteiger partial charge is 0.0672 e. The minimum atomic E-state index is 0.485. The molecular formula is C16H12Cl4N2. The molecular weight excluding hydrogens is 362 g/mol. The van der Waals surface area contributed by atoms with E-state index in [0.717, 1.165) is 22.6 Å². The molecule has 0 atom stereocenters. The van der Waals surface area contributed by atoms with Crippen LogP contribution in [0, 0.1) is 0 Å². The molecule has 22 heavy (non-hydrogen) atoms. The van der Waals surface area contributed by atoms with Gasteiger partial charge in [-0.15, -0.1) is 0 Å². The minimum Gasteiger partial charge on any atom is -0.155 e. The van der Waals surface area contributed by atoms with Crippen LogP contribution in [0.15, 0.2) is 46.6 Å². The second-order valence-electron chi connectivity index (χ2n) is 4.63. The van der Waals surface area contributed by atoms with Crippen molar-refractivity contribution in [1.82, 2.24) is 0 Å². The number of benzene rings is 2. The van der Waals surface area contributed by atoms with E-state index in [9.17, 15) is 0 Å². The molecule has 0 N–H and O–H groups in total. The predicted octanol–water partition coefficient (Wildman–Crippen LogP) is 6.53. The monoisotopic (exact) mass is 372 g/mol. The molecule has 0 heterocycles. The molecule has 114 valence electrons. The lowest BCUT2D eigenvalue weighted by molar-refractivity contribution is 1.22. The van der Waals surface area contributed by atoms with Gasteiger partial charge in [-0.25, -0.2) is 0 Å². The summed E-state index contributed by atoms with van der Waals surface area (Å²) in [6.07, 6.45) is 0. The van der Waals surface area contributed by atoms with Crippen LogP contribution >= 0.6 is 46.4 Å². The summed E-state index contributed by atoms with van der Waals surface area (Å²) in [5.74, 6) is 0. The van der Waals surface area contributed by atoms with E-state index in [1.165, 1.54) is 0 Å². The van der Waals surface area contributed by atoms with Gasteiger partial charge in [0.25, 0.3) is 0 Å². The molecule has 0 bridgehead atoms. The third-order valence-corrected chi connectivity index (χ3v) is 4.50. The lowest BCUT2D eigenvalue weighted by Crippen LogP contribution is -1.97. The molecule has 2 aromatic carbocycles. The molecule has 2 nitrogen and oxygen atoms in total. The Balaban J connectivity index is 2.27. The Morgan fingerprint density at radius 3 is 1.32 bits per heavy atom. The maximum absolute atomic E-state index is 6.00. The number of hydrogen-bond donors (Lipinski definition) is 0. The van der Waals surface area contributed by atoms with Crippen molar-refractivity contribution in [2.24, 2.45) is 10.2 Å². The van der Waals surface area contributed by atoms with Gasteiger partial charge in [-0.3, -0.25) is 0 Å². The van der Waals surface area contributed by atoms with Crippen molar-refractivity contribution in [2.45, 2.75) is 13.8 Å². The van der Waals surface area contributed by atoms with Gasteiger partial charge in [0.05, 0.1) is 31.5 Å². The number of rotatable bonds is 3. The summed E-state index contributed by atoms with van der Waals surface area (Å²) in [7, 11) is 0. The van der Waals surface area contributed by atoms with Gasteiger partial charge >= 0.3 is 0 Å². The fraction of sp³-hybridized carbons (Fsp3) is 0.125. The standard InChI is InChI=1S/C16H12Cl4N2/c1-9(11-3-5-13(17)15(19)7-11)21-22-10(2)12-4-6-14(18)16(20)8-12/h3-8H,1-2H3. The molecule has 6 heteroatoms. The summed E-state index contributed by atoms with van der Waals surface area (Å²) in [5.41, 5.74) is 3.19. The third kappa shape index (κ3) is 4.23. The SMILES string of the molecule is CC(=NN=C(C)c1ccc(Cl)c(Cl)c1)c1ccc(Cl)c(Cl)c1. The summed E-state index contributed by atoms with van der Waals surface area (Å²) in [5, 5.41) is 10.4. The predicted molar refractivity (Wildman–Crippen MR) is 97.3 cm³/mol. The Morgan fingerprint density at radius 2 is 1.00 bits per heavy atom. The first-order valence-electron chi connectivity index (χ1n) is 6.38. The second-order valence-corrected chi connectivity index (χ2v) is 6.26. The molecule has 0 aliphatic heterocycles. The first kappa shape index (κ1) is 17.3. The zero-order valence-electron chi connectivity index (χ0n) is 11.9. The van der Waals surface area contributed by atoms with Gasteiger partial charge in [0.1, 0.15) is 0 Å². The van der Waals surface area contributed by atoms with Crippen molar-refractivity contribution >= 4 is 57.8 Å². The largest absolute Gasteiger partial charge is 0.155 e. The average Bonchev–Trinajstić information content (AvgIpc) is 2.50. The Hall–Kier alpha value is -1.06. The van der Waals surface area contributed by atoms with Crippen molar-refractivity contribution in [3.8, 4) is 0 Å². The molecule has 2 rings (SSSR count). The van der Waals surface area contributed by atoms with Crippen LogP contribution in [0.25, 0.3) is 0 Å². The number of nitrogens with zero attached hydrogens (tertiary/aromatic N) is 2. The normalized spacial score (nSPS) is 12.6. The van der Waals surface area contributed by atoms with Crippen LogP contribution in [-0.4, -0.2) is 11.4 Å². The molecule has 2 aromatic rings. The molecule has 0 amide bonds. The highest BCUT2D eigenvalue weighted by Crippen LogP contribution is 2.24. The molecule has 0 aromatic heterocycles. The first-order chi connectivity index (χ1) is 10.4. The van der Waals surface area contributed by atoms with Crippen molar-refractivity contribution < 1.29 is 0 Å². The summed E-state index contributed by atoms with van der Waals surface area (Å²) in [4.78, 5) is 0. The fourth-order valence-electron chi connectivity index (χ4n) is 1.71. The van der Waals surface area contributed by atoms with Gasteiger partial charge in [0.2, 0.25) is 0 Å². The lowest BCUT2D eigenvalue weighted by Gasteiger charge is -2.03. The van der Waals surface area contributed by atoms with Crippen LogP contribution < -0.4 is 0 Å². The Morgan fingerprint density at radius 1 is 0.636 bits per heavy atom. The zero-order chi connectivity index (χ0) is 16.3. The Labute approximate surface area is 149 Å². The van der Waals surface area contributed by atoms with E-state index in [-0.39, 0.29) is 0 Å². The van der Waals surface area contributed by atoms with Crippen molar-refractivity contribution in [2.75, 3.05) is 0 Å². The van der Waals surface area contributed by atoms with E-state index in [4.69, 9.17) is 46.4 Å².